The van der Waals surface area contributed by atoms with Gasteiger partial charge in [-0.3, -0.25) is 14.5 Å². The maximum atomic E-state index is 13.8. The first-order valence-corrected chi connectivity index (χ1v) is 11.8. The molecular formula is C24H33FN4O3. The molecule has 4 rings (SSSR count). The van der Waals surface area contributed by atoms with Crippen molar-refractivity contribution in [3.8, 4) is 0 Å². The molecule has 3 fully saturated rings. The molecule has 3 aliphatic rings. The highest BCUT2D eigenvalue weighted by Crippen LogP contribution is 2.31. The first-order valence-electron chi connectivity index (χ1n) is 11.8. The van der Waals surface area contributed by atoms with Crippen LogP contribution < -0.4 is 5.32 Å². The third kappa shape index (κ3) is 4.65. The van der Waals surface area contributed by atoms with E-state index in [0.717, 1.165) is 38.9 Å². The lowest BCUT2D eigenvalue weighted by molar-refractivity contribution is -0.135. The molecule has 4 amide bonds. The highest BCUT2D eigenvalue weighted by molar-refractivity contribution is 6.07. The van der Waals surface area contributed by atoms with Gasteiger partial charge < -0.3 is 15.1 Å². The summed E-state index contributed by atoms with van der Waals surface area (Å²) in [5, 5.41) is 2.99. The summed E-state index contributed by atoms with van der Waals surface area (Å²) in [6.45, 7) is 6.37. The third-order valence-electron chi connectivity index (χ3n) is 7.20. The number of urea groups is 1. The van der Waals surface area contributed by atoms with Crippen LogP contribution in [0.2, 0.25) is 0 Å². The Bertz CT molecular complexity index is 861. The Kier molecular flexibility index (Phi) is 6.79. The van der Waals surface area contributed by atoms with Gasteiger partial charge in [0.2, 0.25) is 5.91 Å². The lowest BCUT2D eigenvalue weighted by atomic mass is 9.87. The maximum Gasteiger partial charge on any atom is 0.325 e. The van der Waals surface area contributed by atoms with Crippen molar-refractivity contribution < 1.29 is 18.8 Å². The molecule has 3 heterocycles. The summed E-state index contributed by atoms with van der Waals surface area (Å²) >= 11 is 0. The first-order chi connectivity index (χ1) is 15.4. The molecule has 0 atom stereocenters. The molecule has 0 aliphatic carbocycles. The standard InChI is InChI=1S/C24H33FN4O3/c1-2-11-27-14-9-24(10-15-27)22(31)29(23(32)26-24)17-18-7-12-28(13-8-18)21(30)16-19-5-3-4-6-20(19)25/h3-6,18H,2,7-17H2,1H3,(H,26,32). The van der Waals surface area contributed by atoms with Crippen LogP contribution >= 0.6 is 0 Å². The lowest BCUT2D eigenvalue weighted by Gasteiger charge is -2.37. The summed E-state index contributed by atoms with van der Waals surface area (Å²) in [5.41, 5.74) is -0.327. The molecule has 8 heteroatoms. The van der Waals surface area contributed by atoms with Crippen molar-refractivity contribution >= 4 is 17.8 Å². The zero-order valence-electron chi connectivity index (χ0n) is 18.8. The summed E-state index contributed by atoms with van der Waals surface area (Å²) in [6.07, 6.45) is 3.94. The topological polar surface area (TPSA) is 73.0 Å². The molecule has 3 aliphatic heterocycles. The minimum atomic E-state index is -0.738. The van der Waals surface area contributed by atoms with E-state index in [1.54, 1.807) is 23.1 Å². The molecule has 1 aromatic rings. The molecule has 1 N–H and O–H groups in total. The number of carbonyl (C=O) groups excluding carboxylic acids is 3. The Balaban J connectivity index is 1.28. The van der Waals surface area contributed by atoms with Gasteiger partial charge in [-0.1, -0.05) is 25.1 Å². The largest absolute Gasteiger partial charge is 0.342 e. The number of imide groups is 1. The SMILES string of the molecule is CCCN1CCC2(CC1)NC(=O)N(CC1CCN(C(=O)Cc3ccccc3F)CC1)C2=O. The molecule has 1 aromatic carbocycles. The van der Waals surface area contributed by atoms with Crippen molar-refractivity contribution in [1.29, 1.82) is 0 Å². The smallest absolute Gasteiger partial charge is 0.325 e. The van der Waals surface area contributed by atoms with Crippen molar-refractivity contribution in [1.82, 2.24) is 20.0 Å². The van der Waals surface area contributed by atoms with E-state index < -0.39 is 5.54 Å². The van der Waals surface area contributed by atoms with Crippen LogP contribution in [0.5, 0.6) is 0 Å². The number of nitrogens with one attached hydrogen (secondary N) is 1. The molecule has 174 valence electrons. The van der Waals surface area contributed by atoms with Crippen molar-refractivity contribution in [2.75, 3.05) is 39.3 Å². The fraction of sp³-hybridized carbons (Fsp3) is 0.625. The van der Waals surface area contributed by atoms with E-state index in [0.29, 0.717) is 38.0 Å². The van der Waals surface area contributed by atoms with Gasteiger partial charge in [0.15, 0.2) is 0 Å². The fourth-order valence-corrected chi connectivity index (χ4v) is 5.20. The lowest BCUT2D eigenvalue weighted by Crippen LogP contribution is -2.55. The van der Waals surface area contributed by atoms with E-state index in [2.05, 4.69) is 17.1 Å². The number of carbonyl (C=O) groups is 3. The average molecular weight is 445 g/mol. The highest BCUT2D eigenvalue weighted by atomic mass is 19.1. The van der Waals surface area contributed by atoms with Crippen molar-refractivity contribution in [2.24, 2.45) is 5.92 Å². The van der Waals surface area contributed by atoms with Gasteiger partial charge in [0.25, 0.3) is 5.91 Å². The van der Waals surface area contributed by atoms with Gasteiger partial charge in [0.05, 0.1) is 6.42 Å². The zero-order chi connectivity index (χ0) is 22.7. The van der Waals surface area contributed by atoms with Crippen LogP contribution in [0.1, 0.15) is 44.6 Å². The van der Waals surface area contributed by atoms with E-state index in [4.69, 9.17) is 0 Å². The number of hydrogen-bond donors (Lipinski definition) is 1. The Morgan fingerprint density at radius 1 is 1.12 bits per heavy atom. The zero-order valence-corrected chi connectivity index (χ0v) is 18.8. The van der Waals surface area contributed by atoms with Gasteiger partial charge in [-0.15, -0.1) is 0 Å². The first kappa shape index (κ1) is 22.7. The Morgan fingerprint density at radius 2 is 1.81 bits per heavy atom. The second-order valence-corrected chi connectivity index (χ2v) is 9.36. The van der Waals surface area contributed by atoms with Crippen LogP contribution in [0.25, 0.3) is 0 Å². The predicted octanol–water partition coefficient (Wildman–Crippen LogP) is 2.40. The fourth-order valence-electron chi connectivity index (χ4n) is 5.20. The van der Waals surface area contributed by atoms with Gasteiger partial charge in [0.1, 0.15) is 11.4 Å². The molecular weight excluding hydrogens is 411 g/mol. The van der Waals surface area contributed by atoms with Crippen LogP contribution in [0.15, 0.2) is 24.3 Å². The van der Waals surface area contributed by atoms with E-state index in [9.17, 15) is 18.8 Å². The van der Waals surface area contributed by atoms with Crippen LogP contribution in [-0.2, 0) is 16.0 Å². The molecule has 0 radical (unpaired) electrons. The van der Waals surface area contributed by atoms with E-state index in [1.807, 2.05) is 0 Å². The molecule has 0 bridgehead atoms. The summed E-state index contributed by atoms with van der Waals surface area (Å²) in [7, 11) is 0. The predicted molar refractivity (Wildman–Crippen MR) is 118 cm³/mol. The number of hydrogen-bond acceptors (Lipinski definition) is 4. The van der Waals surface area contributed by atoms with E-state index >= 15 is 0 Å². The van der Waals surface area contributed by atoms with Crippen molar-refractivity contribution in [2.45, 2.75) is 51.0 Å². The summed E-state index contributed by atoms with van der Waals surface area (Å²) in [4.78, 5) is 43.9. The molecule has 0 saturated carbocycles. The van der Waals surface area contributed by atoms with E-state index in [-0.39, 0.29) is 36.0 Å². The number of amides is 4. The average Bonchev–Trinajstić information content (AvgIpc) is 3.01. The number of nitrogens with zero attached hydrogens (tertiary/aromatic N) is 3. The van der Waals surface area contributed by atoms with Gasteiger partial charge in [-0.25, -0.2) is 9.18 Å². The highest BCUT2D eigenvalue weighted by Gasteiger charge is 2.52. The molecule has 3 saturated heterocycles. The number of rotatable bonds is 6. The van der Waals surface area contributed by atoms with Gasteiger partial charge in [-0.2, -0.15) is 0 Å². The molecule has 32 heavy (non-hydrogen) atoms. The summed E-state index contributed by atoms with van der Waals surface area (Å²) in [6, 6.07) is 6.07. The van der Waals surface area contributed by atoms with Gasteiger partial charge in [0, 0.05) is 32.7 Å². The number of halogens is 1. The molecule has 0 unspecified atom stereocenters. The van der Waals surface area contributed by atoms with Crippen LogP contribution in [0.4, 0.5) is 9.18 Å². The van der Waals surface area contributed by atoms with Crippen LogP contribution in [0, 0.1) is 11.7 Å². The van der Waals surface area contributed by atoms with Crippen LogP contribution in [-0.4, -0.2) is 77.4 Å². The second-order valence-electron chi connectivity index (χ2n) is 9.36. The van der Waals surface area contributed by atoms with Gasteiger partial charge >= 0.3 is 6.03 Å². The summed E-state index contributed by atoms with van der Waals surface area (Å²) < 4.78 is 13.8. The molecule has 1 spiro atoms. The van der Waals surface area contributed by atoms with Crippen molar-refractivity contribution in [3.05, 3.63) is 35.6 Å². The minimum Gasteiger partial charge on any atom is -0.342 e. The second kappa shape index (κ2) is 9.57. The van der Waals surface area contributed by atoms with Crippen LogP contribution in [0.3, 0.4) is 0 Å². The number of likely N-dealkylation sites (tertiary alicyclic amines) is 2. The Labute approximate surface area is 188 Å². The Hall–Kier alpha value is -2.48. The minimum absolute atomic E-state index is 0.0575. The van der Waals surface area contributed by atoms with Gasteiger partial charge in [-0.05, 0) is 56.2 Å². The molecule has 0 aromatic heterocycles. The number of piperidine rings is 2. The third-order valence-corrected chi connectivity index (χ3v) is 7.20. The maximum absolute atomic E-state index is 13.8. The Morgan fingerprint density at radius 3 is 2.47 bits per heavy atom. The monoisotopic (exact) mass is 444 g/mol. The molecule has 7 nitrogen and oxygen atoms in total. The number of benzene rings is 1. The summed E-state index contributed by atoms with van der Waals surface area (Å²) in [5.74, 6) is -0.348. The quantitative estimate of drug-likeness (QED) is 0.684. The van der Waals surface area contributed by atoms with Crippen molar-refractivity contribution in [3.63, 3.8) is 0 Å². The van der Waals surface area contributed by atoms with E-state index in [1.165, 1.54) is 11.0 Å². The normalized spacial score (nSPS) is 21.9.